The number of ether oxygens (including phenoxy) is 1. The molecule has 0 saturated heterocycles. The van der Waals surface area contributed by atoms with Crippen molar-refractivity contribution in [2.24, 2.45) is 0 Å². The van der Waals surface area contributed by atoms with Crippen molar-refractivity contribution in [3.63, 3.8) is 0 Å². The molecule has 3 rings (SSSR count). The monoisotopic (exact) mass is 403 g/mol. The molecule has 0 bridgehead atoms. The summed E-state index contributed by atoms with van der Waals surface area (Å²) in [5.41, 5.74) is 7.25. The molecule has 8 heteroatoms. The summed E-state index contributed by atoms with van der Waals surface area (Å²) in [6.45, 7) is 0. The van der Waals surface area contributed by atoms with E-state index in [0.29, 0.717) is 22.6 Å². The predicted octanol–water partition coefficient (Wildman–Crippen LogP) is 3.46. The number of thiophene rings is 1. The van der Waals surface area contributed by atoms with E-state index in [4.69, 9.17) is 10.5 Å². The normalized spacial score (nSPS) is 11.3. The van der Waals surface area contributed by atoms with Crippen LogP contribution in [-0.4, -0.2) is 26.6 Å². The highest BCUT2D eigenvalue weighted by Crippen LogP contribution is 2.39. The predicted molar refractivity (Wildman–Crippen MR) is 103 cm³/mol. The minimum absolute atomic E-state index is 0.0166. The molecule has 0 spiro atoms. The Morgan fingerprint density at radius 3 is 2.30 bits per heavy atom. The van der Waals surface area contributed by atoms with Crippen molar-refractivity contribution >= 4 is 32.8 Å². The highest BCUT2D eigenvalue weighted by atomic mass is 32.2. The first kappa shape index (κ1) is 18.9. The quantitative estimate of drug-likeness (QED) is 0.653. The molecule has 2 aromatic carbocycles. The Bertz CT molecular complexity index is 1070. The zero-order valence-electron chi connectivity index (χ0n) is 14.4. The number of carbonyl (C=O) groups is 1. The number of rotatable bonds is 6. The van der Waals surface area contributed by atoms with E-state index >= 15 is 0 Å². The Hall–Kier alpha value is -2.84. The fourth-order valence-corrected chi connectivity index (χ4v) is 5.57. The van der Waals surface area contributed by atoms with Gasteiger partial charge in [0, 0.05) is 12.0 Å². The van der Waals surface area contributed by atoms with Crippen LogP contribution >= 0.6 is 11.3 Å². The molecule has 0 amide bonds. The number of hydrogen-bond donors (Lipinski definition) is 2. The second-order valence-corrected chi connectivity index (χ2v) is 8.92. The minimum Gasteiger partial charge on any atom is -0.497 e. The molecule has 0 aliphatic rings. The summed E-state index contributed by atoms with van der Waals surface area (Å²) in [6, 6.07) is 15.0. The number of anilines is 1. The van der Waals surface area contributed by atoms with E-state index in [1.165, 1.54) is 31.4 Å². The molecule has 140 valence electrons. The van der Waals surface area contributed by atoms with E-state index in [2.05, 4.69) is 0 Å². The van der Waals surface area contributed by atoms with Gasteiger partial charge in [-0.15, -0.1) is 11.3 Å². The Balaban J connectivity index is 2.10. The number of sulfone groups is 1. The van der Waals surface area contributed by atoms with Gasteiger partial charge in [0.1, 0.15) is 14.8 Å². The maximum absolute atomic E-state index is 13.0. The lowest BCUT2D eigenvalue weighted by atomic mass is 10.0. The third kappa shape index (κ3) is 3.67. The molecule has 0 saturated carbocycles. The van der Waals surface area contributed by atoms with Crippen LogP contribution in [0.3, 0.4) is 0 Å². The number of nitrogens with two attached hydrogens (primary N) is 1. The van der Waals surface area contributed by atoms with E-state index in [1.54, 1.807) is 0 Å². The molecule has 0 atom stereocenters. The van der Waals surface area contributed by atoms with Gasteiger partial charge in [0.25, 0.3) is 0 Å². The SMILES string of the molecule is COc1ccc(S(=O)(=O)c2sc(C(=O)O)c(Cc3ccccc3)c2N)cc1. The van der Waals surface area contributed by atoms with E-state index in [0.717, 1.165) is 5.56 Å². The van der Waals surface area contributed by atoms with Gasteiger partial charge in [0.2, 0.25) is 9.84 Å². The molecule has 27 heavy (non-hydrogen) atoms. The zero-order chi connectivity index (χ0) is 19.6. The molecule has 0 fully saturated rings. The lowest BCUT2D eigenvalue weighted by molar-refractivity contribution is 0.0701. The van der Waals surface area contributed by atoms with Gasteiger partial charge in [-0.25, -0.2) is 13.2 Å². The Kier molecular flexibility index (Phi) is 5.20. The summed E-state index contributed by atoms with van der Waals surface area (Å²) in [6.07, 6.45) is 0.239. The van der Waals surface area contributed by atoms with Crippen LogP contribution in [0.5, 0.6) is 5.75 Å². The van der Waals surface area contributed by atoms with E-state index in [9.17, 15) is 18.3 Å². The van der Waals surface area contributed by atoms with E-state index in [1.807, 2.05) is 30.3 Å². The van der Waals surface area contributed by atoms with Gasteiger partial charge in [-0.1, -0.05) is 30.3 Å². The molecule has 1 aromatic heterocycles. The maximum Gasteiger partial charge on any atom is 0.346 e. The van der Waals surface area contributed by atoms with Crippen molar-refractivity contribution in [2.75, 3.05) is 12.8 Å². The first-order valence-corrected chi connectivity index (χ1v) is 10.2. The molecule has 0 aliphatic carbocycles. The van der Waals surface area contributed by atoms with Gasteiger partial charge in [0.15, 0.2) is 0 Å². The van der Waals surface area contributed by atoms with Crippen LogP contribution in [0.25, 0.3) is 0 Å². The molecule has 1 heterocycles. The topological polar surface area (TPSA) is 107 Å². The summed E-state index contributed by atoms with van der Waals surface area (Å²) in [4.78, 5) is 11.6. The zero-order valence-corrected chi connectivity index (χ0v) is 16.0. The molecule has 0 unspecified atom stereocenters. The van der Waals surface area contributed by atoms with Crippen molar-refractivity contribution in [2.45, 2.75) is 15.5 Å². The number of nitrogen functional groups attached to an aromatic ring is 1. The van der Waals surface area contributed by atoms with Gasteiger partial charge in [-0.2, -0.15) is 0 Å². The molecule has 6 nitrogen and oxygen atoms in total. The largest absolute Gasteiger partial charge is 0.497 e. The van der Waals surface area contributed by atoms with Crippen molar-refractivity contribution in [3.05, 3.63) is 70.6 Å². The van der Waals surface area contributed by atoms with Crippen LogP contribution in [0.4, 0.5) is 5.69 Å². The molecular formula is C19H17NO5S2. The Labute approximate surface area is 160 Å². The number of methoxy groups -OCH3 is 1. The summed E-state index contributed by atoms with van der Waals surface area (Å²) >= 11 is 0.681. The van der Waals surface area contributed by atoms with Gasteiger partial charge < -0.3 is 15.6 Å². The fraction of sp³-hybridized carbons (Fsp3) is 0.105. The van der Waals surface area contributed by atoms with Crippen molar-refractivity contribution in [3.8, 4) is 5.75 Å². The average molecular weight is 403 g/mol. The summed E-state index contributed by atoms with van der Waals surface area (Å²) < 4.78 is 30.9. The Morgan fingerprint density at radius 2 is 1.74 bits per heavy atom. The third-order valence-corrected chi connectivity index (χ3v) is 7.59. The highest BCUT2D eigenvalue weighted by molar-refractivity contribution is 7.93. The summed E-state index contributed by atoms with van der Waals surface area (Å²) in [5.74, 6) is -0.682. The third-order valence-electron chi connectivity index (χ3n) is 4.05. The number of hydrogen-bond acceptors (Lipinski definition) is 6. The molecule has 3 aromatic rings. The molecule has 0 aliphatic heterocycles. The lowest BCUT2D eigenvalue weighted by Crippen LogP contribution is -2.04. The second-order valence-electron chi connectivity index (χ2n) is 5.76. The van der Waals surface area contributed by atoms with Crippen molar-refractivity contribution < 1.29 is 23.1 Å². The van der Waals surface area contributed by atoms with Crippen LogP contribution in [0.2, 0.25) is 0 Å². The van der Waals surface area contributed by atoms with Crippen molar-refractivity contribution in [1.82, 2.24) is 0 Å². The summed E-state index contributed by atoms with van der Waals surface area (Å²) in [7, 11) is -2.47. The van der Waals surface area contributed by atoms with E-state index in [-0.39, 0.29) is 26.1 Å². The average Bonchev–Trinajstić information content (AvgIpc) is 3.00. The van der Waals surface area contributed by atoms with Gasteiger partial charge >= 0.3 is 5.97 Å². The maximum atomic E-state index is 13.0. The first-order chi connectivity index (χ1) is 12.8. The number of aromatic carboxylic acids is 1. The number of carboxylic acid groups (broad SMARTS) is 1. The van der Waals surface area contributed by atoms with Crippen LogP contribution in [0.1, 0.15) is 20.8 Å². The minimum atomic E-state index is -3.95. The van der Waals surface area contributed by atoms with Crippen LogP contribution < -0.4 is 10.5 Å². The van der Waals surface area contributed by atoms with Crippen LogP contribution in [-0.2, 0) is 16.3 Å². The highest BCUT2D eigenvalue weighted by Gasteiger charge is 2.29. The molecule has 3 N–H and O–H groups in total. The second kappa shape index (κ2) is 7.42. The van der Waals surface area contributed by atoms with E-state index < -0.39 is 15.8 Å². The molecule has 0 radical (unpaired) electrons. The van der Waals surface area contributed by atoms with Gasteiger partial charge in [-0.3, -0.25) is 0 Å². The van der Waals surface area contributed by atoms with Crippen LogP contribution in [0, 0.1) is 0 Å². The number of carboxylic acids is 1. The standard InChI is InChI=1S/C19H17NO5S2/c1-25-13-7-9-14(10-8-13)27(23,24)19-16(20)15(17(26-19)18(21)22)11-12-5-3-2-4-6-12/h2-10H,11,20H2,1H3,(H,21,22). The fourth-order valence-electron chi connectivity index (χ4n) is 2.66. The van der Waals surface area contributed by atoms with Crippen LogP contribution in [0.15, 0.2) is 63.7 Å². The molecular weight excluding hydrogens is 386 g/mol. The van der Waals surface area contributed by atoms with Gasteiger partial charge in [0.05, 0.1) is 17.7 Å². The first-order valence-electron chi connectivity index (χ1n) is 7.92. The number of benzene rings is 2. The Morgan fingerprint density at radius 1 is 1.11 bits per heavy atom. The summed E-state index contributed by atoms with van der Waals surface area (Å²) in [5, 5.41) is 9.53. The smallest absolute Gasteiger partial charge is 0.346 e. The van der Waals surface area contributed by atoms with Crippen molar-refractivity contribution in [1.29, 1.82) is 0 Å². The lowest BCUT2D eigenvalue weighted by Gasteiger charge is -2.06. The van der Waals surface area contributed by atoms with Gasteiger partial charge in [-0.05, 0) is 29.8 Å².